The Labute approximate surface area is 139 Å². The lowest BCUT2D eigenvalue weighted by molar-refractivity contribution is -0.120. The fraction of sp³-hybridized carbons (Fsp3) is 0.500. The second-order valence-electron chi connectivity index (χ2n) is 5.49. The Bertz CT molecular complexity index is 606. The van der Waals surface area contributed by atoms with Crippen LogP contribution in [-0.2, 0) is 16.0 Å². The number of aromatic nitrogens is 1. The first-order valence-corrected chi connectivity index (χ1v) is 8.75. The highest BCUT2D eigenvalue weighted by atomic mass is 32.1. The molecule has 2 aromatic rings. The molecule has 0 radical (unpaired) electrons. The van der Waals surface area contributed by atoms with Crippen LogP contribution in [0, 0.1) is 0 Å². The zero-order chi connectivity index (χ0) is 15.9. The molecule has 3 heterocycles. The molecule has 0 aliphatic carbocycles. The van der Waals surface area contributed by atoms with Gasteiger partial charge in [-0.2, -0.15) is 0 Å². The monoisotopic (exact) mass is 335 g/mol. The lowest BCUT2D eigenvalue weighted by Crippen LogP contribution is -2.38. The number of carbonyl (C=O) groups excluding carboxylic acids is 1. The van der Waals surface area contributed by atoms with E-state index in [1.807, 2.05) is 23.6 Å². The smallest absolute Gasteiger partial charge is 0.226 e. The maximum absolute atomic E-state index is 11.9. The van der Waals surface area contributed by atoms with Gasteiger partial charge in [0, 0.05) is 25.7 Å². The minimum absolute atomic E-state index is 0.0157. The van der Waals surface area contributed by atoms with Crippen molar-refractivity contribution in [2.75, 3.05) is 39.4 Å². The summed E-state index contributed by atoms with van der Waals surface area (Å²) in [5.74, 6) is 0.702. The van der Waals surface area contributed by atoms with E-state index in [2.05, 4.69) is 15.4 Å². The van der Waals surface area contributed by atoms with Crippen LogP contribution in [0.3, 0.4) is 0 Å². The number of rotatable bonds is 7. The van der Waals surface area contributed by atoms with Gasteiger partial charge in [0.05, 0.1) is 30.2 Å². The first kappa shape index (κ1) is 16.2. The molecular formula is C16H21N3O3S. The highest BCUT2D eigenvalue weighted by Crippen LogP contribution is 2.25. The van der Waals surface area contributed by atoms with Crippen molar-refractivity contribution in [3.8, 4) is 10.6 Å². The van der Waals surface area contributed by atoms with E-state index in [-0.39, 0.29) is 12.3 Å². The number of hydrogen-bond donors (Lipinski definition) is 1. The molecule has 0 spiro atoms. The van der Waals surface area contributed by atoms with Crippen molar-refractivity contribution in [3.63, 3.8) is 0 Å². The summed E-state index contributed by atoms with van der Waals surface area (Å²) in [6.45, 7) is 5.27. The zero-order valence-electron chi connectivity index (χ0n) is 13.0. The summed E-state index contributed by atoms with van der Waals surface area (Å²) in [5.41, 5.74) is 0.666. The molecule has 0 unspecified atom stereocenters. The molecule has 124 valence electrons. The number of hydrogen-bond acceptors (Lipinski definition) is 6. The van der Waals surface area contributed by atoms with Crippen LogP contribution in [0.25, 0.3) is 10.6 Å². The molecule has 0 aromatic carbocycles. The molecule has 23 heavy (non-hydrogen) atoms. The van der Waals surface area contributed by atoms with Crippen molar-refractivity contribution in [1.82, 2.24) is 15.4 Å². The highest BCUT2D eigenvalue weighted by Gasteiger charge is 2.12. The maximum atomic E-state index is 11.9. The maximum Gasteiger partial charge on any atom is 0.226 e. The molecule has 0 atom stereocenters. The quantitative estimate of drug-likeness (QED) is 0.781. The molecule has 1 fully saturated rings. The average Bonchev–Trinajstić information content (AvgIpc) is 3.24. The standard InChI is InChI=1S/C16H21N3O3S/c20-16(17-4-2-5-19-6-8-21-9-7-19)12-13-11-14(22-18-13)15-3-1-10-23-15/h1,3,10-11H,2,4-9,12H2,(H,17,20). The van der Waals surface area contributed by atoms with Crippen LogP contribution in [0.2, 0.25) is 0 Å². The first-order chi connectivity index (χ1) is 11.3. The van der Waals surface area contributed by atoms with Gasteiger partial charge in [-0.3, -0.25) is 9.69 Å². The summed E-state index contributed by atoms with van der Waals surface area (Å²) < 4.78 is 10.6. The molecule has 6 nitrogen and oxygen atoms in total. The number of carbonyl (C=O) groups is 1. The van der Waals surface area contributed by atoms with E-state index in [9.17, 15) is 4.79 Å². The molecule has 0 bridgehead atoms. The van der Waals surface area contributed by atoms with Gasteiger partial charge < -0.3 is 14.6 Å². The topological polar surface area (TPSA) is 67.6 Å². The number of thiophene rings is 1. The zero-order valence-corrected chi connectivity index (χ0v) is 13.8. The number of amides is 1. The Kier molecular flexibility index (Phi) is 5.79. The Morgan fingerprint density at radius 1 is 1.39 bits per heavy atom. The van der Waals surface area contributed by atoms with E-state index in [1.165, 1.54) is 0 Å². The van der Waals surface area contributed by atoms with Crippen LogP contribution < -0.4 is 5.32 Å². The van der Waals surface area contributed by atoms with Crippen LogP contribution in [0.4, 0.5) is 0 Å². The fourth-order valence-electron chi connectivity index (χ4n) is 2.51. The lowest BCUT2D eigenvalue weighted by atomic mass is 10.2. The molecule has 2 aromatic heterocycles. The van der Waals surface area contributed by atoms with Gasteiger partial charge in [-0.1, -0.05) is 11.2 Å². The normalized spacial score (nSPS) is 15.7. The van der Waals surface area contributed by atoms with Gasteiger partial charge in [-0.05, 0) is 24.4 Å². The van der Waals surface area contributed by atoms with Crippen LogP contribution in [-0.4, -0.2) is 55.4 Å². The molecule has 1 aliphatic rings. The van der Waals surface area contributed by atoms with Crippen LogP contribution in [0.1, 0.15) is 12.1 Å². The van der Waals surface area contributed by atoms with Gasteiger partial charge in [0.1, 0.15) is 0 Å². The molecule has 1 amide bonds. The minimum atomic E-state index is -0.0157. The SMILES string of the molecule is O=C(Cc1cc(-c2cccs2)on1)NCCCN1CCOCC1. The van der Waals surface area contributed by atoms with Crippen molar-refractivity contribution in [1.29, 1.82) is 0 Å². The number of nitrogens with zero attached hydrogens (tertiary/aromatic N) is 2. The van der Waals surface area contributed by atoms with E-state index >= 15 is 0 Å². The van der Waals surface area contributed by atoms with E-state index in [0.717, 1.165) is 49.9 Å². The summed E-state index contributed by atoms with van der Waals surface area (Å²) in [5, 5.41) is 8.89. The number of nitrogens with one attached hydrogen (secondary N) is 1. The second-order valence-corrected chi connectivity index (χ2v) is 6.44. The molecule has 1 N–H and O–H groups in total. The molecule has 1 saturated heterocycles. The largest absolute Gasteiger partial charge is 0.379 e. The van der Waals surface area contributed by atoms with Crippen molar-refractivity contribution in [3.05, 3.63) is 29.3 Å². The molecule has 1 aliphatic heterocycles. The Morgan fingerprint density at radius 2 is 2.26 bits per heavy atom. The first-order valence-electron chi connectivity index (χ1n) is 7.87. The third-order valence-corrected chi connectivity index (χ3v) is 4.63. The molecule has 7 heteroatoms. The van der Waals surface area contributed by atoms with Crippen molar-refractivity contribution in [2.24, 2.45) is 0 Å². The van der Waals surface area contributed by atoms with Crippen molar-refractivity contribution >= 4 is 17.2 Å². The second kappa shape index (κ2) is 8.24. The summed E-state index contributed by atoms with van der Waals surface area (Å²) in [6, 6.07) is 5.77. The van der Waals surface area contributed by atoms with E-state index in [0.29, 0.717) is 12.2 Å². The van der Waals surface area contributed by atoms with E-state index in [4.69, 9.17) is 9.26 Å². The summed E-state index contributed by atoms with van der Waals surface area (Å²) in [6.07, 6.45) is 1.21. The highest BCUT2D eigenvalue weighted by molar-refractivity contribution is 7.13. The summed E-state index contributed by atoms with van der Waals surface area (Å²) in [7, 11) is 0. The third-order valence-electron chi connectivity index (χ3n) is 3.74. The van der Waals surface area contributed by atoms with Crippen molar-refractivity contribution < 1.29 is 14.1 Å². The van der Waals surface area contributed by atoms with Crippen LogP contribution >= 0.6 is 11.3 Å². The van der Waals surface area contributed by atoms with Gasteiger partial charge in [0.2, 0.25) is 5.91 Å². The van der Waals surface area contributed by atoms with Gasteiger partial charge >= 0.3 is 0 Å². The predicted octanol–water partition coefficient (Wildman–Crippen LogP) is 1.78. The Morgan fingerprint density at radius 3 is 3.04 bits per heavy atom. The van der Waals surface area contributed by atoms with Gasteiger partial charge in [-0.15, -0.1) is 11.3 Å². The average molecular weight is 335 g/mol. The Hall–Kier alpha value is -1.70. The van der Waals surface area contributed by atoms with Gasteiger partial charge in [0.25, 0.3) is 0 Å². The van der Waals surface area contributed by atoms with Crippen LogP contribution in [0.15, 0.2) is 28.1 Å². The number of ether oxygens (including phenoxy) is 1. The third kappa shape index (κ3) is 4.89. The summed E-state index contributed by atoms with van der Waals surface area (Å²) >= 11 is 1.59. The fourth-order valence-corrected chi connectivity index (χ4v) is 3.19. The minimum Gasteiger partial charge on any atom is -0.379 e. The van der Waals surface area contributed by atoms with Gasteiger partial charge in [-0.25, -0.2) is 0 Å². The predicted molar refractivity (Wildman–Crippen MR) is 88.4 cm³/mol. The van der Waals surface area contributed by atoms with E-state index in [1.54, 1.807) is 11.3 Å². The van der Waals surface area contributed by atoms with Crippen LogP contribution in [0.5, 0.6) is 0 Å². The molecular weight excluding hydrogens is 314 g/mol. The summed E-state index contributed by atoms with van der Waals surface area (Å²) in [4.78, 5) is 15.3. The molecule has 3 rings (SSSR count). The van der Waals surface area contributed by atoms with Crippen molar-refractivity contribution in [2.45, 2.75) is 12.8 Å². The van der Waals surface area contributed by atoms with Gasteiger partial charge in [0.15, 0.2) is 5.76 Å². The number of morpholine rings is 1. The molecule has 0 saturated carbocycles. The van der Waals surface area contributed by atoms with E-state index < -0.39 is 0 Å². The lowest BCUT2D eigenvalue weighted by Gasteiger charge is -2.26. The Balaban J connectivity index is 1.36.